The number of carboxylic acids is 1. The number of carbonyl (C=O) groups is 3. The van der Waals surface area contributed by atoms with Crippen LogP contribution in [0.4, 0.5) is 0 Å². The minimum atomic E-state index is -0.884. The molecule has 0 aromatic heterocycles. The van der Waals surface area contributed by atoms with Crippen LogP contribution >= 0.6 is 0 Å². The highest BCUT2D eigenvalue weighted by Crippen LogP contribution is 2.12. The summed E-state index contributed by atoms with van der Waals surface area (Å²) in [5, 5.41) is 9.48. The van der Waals surface area contributed by atoms with Gasteiger partial charge in [0.1, 0.15) is 6.61 Å². The van der Waals surface area contributed by atoms with E-state index in [0.29, 0.717) is 25.7 Å². The van der Waals surface area contributed by atoms with Crippen molar-refractivity contribution in [3.05, 3.63) is 36.5 Å². The zero-order valence-electron chi connectivity index (χ0n) is 28.6. The summed E-state index contributed by atoms with van der Waals surface area (Å²) >= 11 is 0. The van der Waals surface area contributed by atoms with Gasteiger partial charge in [-0.15, -0.1) is 0 Å². The van der Waals surface area contributed by atoms with Crippen molar-refractivity contribution >= 4 is 17.9 Å². The van der Waals surface area contributed by atoms with E-state index in [-0.39, 0.29) is 36.2 Å². The normalized spacial score (nSPS) is 13.6. The molecule has 0 rings (SSSR count). The summed E-state index contributed by atoms with van der Waals surface area (Å²) < 4.78 is 16.8. The second-order valence-corrected chi connectivity index (χ2v) is 12.4. The Bertz CT molecular complexity index is 829. The number of aliphatic carboxylic acids is 1. The molecule has 0 bridgehead atoms. The van der Waals surface area contributed by atoms with Gasteiger partial charge in [0.25, 0.3) is 0 Å². The lowest BCUT2D eigenvalue weighted by Gasteiger charge is -2.31. The smallest absolute Gasteiger partial charge is 0.362 e. The van der Waals surface area contributed by atoms with E-state index in [1.807, 2.05) is 28.1 Å². The number of carboxylic acid groups (broad SMARTS) is 1. The lowest BCUT2D eigenvalue weighted by molar-refractivity contribution is -0.887. The molecule has 2 atom stereocenters. The summed E-state index contributed by atoms with van der Waals surface area (Å²) in [4.78, 5) is 35.8. The highest BCUT2D eigenvalue weighted by Gasteiger charge is 2.31. The van der Waals surface area contributed by atoms with E-state index >= 15 is 0 Å². The Balaban J connectivity index is 4.12. The van der Waals surface area contributed by atoms with E-state index in [1.54, 1.807) is 0 Å². The molecule has 8 heteroatoms. The number of esters is 2. The van der Waals surface area contributed by atoms with Crippen LogP contribution in [0, 0.1) is 0 Å². The maximum absolute atomic E-state index is 12.5. The van der Waals surface area contributed by atoms with Crippen molar-refractivity contribution in [3.63, 3.8) is 0 Å². The average Bonchev–Trinajstić information content (AvgIpc) is 2.96. The van der Waals surface area contributed by atoms with Crippen molar-refractivity contribution in [2.24, 2.45) is 0 Å². The number of nitrogens with zero attached hydrogens (tertiary/aromatic N) is 1. The second-order valence-electron chi connectivity index (χ2n) is 12.4. The van der Waals surface area contributed by atoms with Crippen LogP contribution in [0.15, 0.2) is 36.5 Å². The van der Waals surface area contributed by atoms with E-state index in [4.69, 9.17) is 14.2 Å². The van der Waals surface area contributed by atoms with Gasteiger partial charge in [0, 0.05) is 19.3 Å². The third-order valence-electron chi connectivity index (χ3n) is 7.26. The Morgan fingerprint density at radius 2 is 1.25 bits per heavy atom. The third kappa shape index (κ3) is 26.0. The lowest BCUT2D eigenvalue weighted by Crippen LogP contribution is -2.50. The Labute approximate surface area is 268 Å². The van der Waals surface area contributed by atoms with Crippen molar-refractivity contribution in [2.45, 2.75) is 135 Å². The zero-order chi connectivity index (χ0) is 32.9. The van der Waals surface area contributed by atoms with Crippen LogP contribution in [0.2, 0.25) is 0 Å². The highest BCUT2D eigenvalue weighted by molar-refractivity contribution is 5.72. The first-order valence-electron chi connectivity index (χ1n) is 17.0. The number of allylic oxidation sites excluding steroid dienone is 6. The molecule has 0 spiro atoms. The lowest BCUT2D eigenvalue weighted by atomic mass is 10.1. The number of carbonyl (C=O) groups excluding carboxylic acids is 2. The highest BCUT2D eigenvalue weighted by atomic mass is 16.6. The topological polar surface area (TPSA) is 99.1 Å². The SMILES string of the molecule is CCCCC/C=C\C/C=C\C/C=C\CCCCCCCCC(=O)OC(COCCC(C(=O)O)[N+](C)(C)C)COC(=O)CCC. The van der Waals surface area contributed by atoms with E-state index in [2.05, 4.69) is 43.4 Å². The molecule has 0 amide bonds. The Morgan fingerprint density at radius 3 is 1.82 bits per heavy atom. The molecule has 0 aliphatic heterocycles. The molecule has 254 valence electrons. The molecule has 0 saturated heterocycles. The molecule has 0 radical (unpaired) electrons. The van der Waals surface area contributed by atoms with Crippen molar-refractivity contribution in [3.8, 4) is 0 Å². The predicted molar refractivity (Wildman–Crippen MR) is 178 cm³/mol. The average molecular weight is 623 g/mol. The number of hydrogen-bond acceptors (Lipinski definition) is 6. The molecule has 8 nitrogen and oxygen atoms in total. The van der Waals surface area contributed by atoms with Crippen LogP contribution < -0.4 is 0 Å². The summed E-state index contributed by atoms with van der Waals surface area (Å²) in [5.74, 6) is -1.56. The molecule has 2 unspecified atom stereocenters. The van der Waals surface area contributed by atoms with Crippen molar-refractivity contribution < 1.29 is 38.2 Å². The van der Waals surface area contributed by atoms with Gasteiger partial charge in [0.15, 0.2) is 12.1 Å². The number of unbranched alkanes of at least 4 members (excludes halogenated alkanes) is 9. The van der Waals surface area contributed by atoms with Crippen molar-refractivity contribution in [2.75, 3.05) is 41.0 Å². The van der Waals surface area contributed by atoms with Gasteiger partial charge in [-0.1, -0.05) is 88.8 Å². The second kappa shape index (κ2) is 28.1. The van der Waals surface area contributed by atoms with Crippen molar-refractivity contribution in [1.82, 2.24) is 0 Å². The van der Waals surface area contributed by atoms with Gasteiger partial charge in [0.2, 0.25) is 0 Å². The molecule has 0 aliphatic rings. The maximum atomic E-state index is 12.5. The minimum Gasteiger partial charge on any atom is -0.477 e. The molecular formula is C36H64NO7+. The molecule has 0 aromatic rings. The summed E-state index contributed by atoms with van der Waals surface area (Å²) in [6, 6.07) is -0.611. The van der Waals surface area contributed by atoms with Gasteiger partial charge in [-0.3, -0.25) is 9.59 Å². The molecular weight excluding hydrogens is 558 g/mol. The molecule has 1 N–H and O–H groups in total. The van der Waals surface area contributed by atoms with Crippen LogP contribution in [0.5, 0.6) is 0 Å². The summed E-state index contributed by atoms with van der Waals surface area (Å²) in [6.07, 6.45) is 29.0. The Kier molecular flexibility index (Phi) is 26.5. The first-order valence-corrected chi connectivity index (χ1v) is 17.0. The Morgan fingerprint density at radius 1 is 0.682 bits per heavy atom. The number of hydrogen-bond donors (Lipinski definition) is 1. The number of ether oxygens (including phenoxy) is 3. The van der Waals surface area contributed by atoms with Gasteiger partial charge in [-0.25, -0.2) is 4.79 Å². The molecule has 0 heterocycles. The van der Waals surface area contributed by atoms with E-state index in [1.165, 1.54) is 38.5 Å². The van der Waals surface area contributed by atoms with Gasteiger partial charge < -0.3 is 23.8 Å². The van der Waals surface area contributed by atoms with Gasteiger partial charge in [-0.05, 0) is 51.4 Å². The van der Waals surface area contributed by atoms with Crippen LogP contribution in [-0.4, -0.2) is 80.6 Å². The first kappa shape index (κ1) is 41.5. The van der Waals surface area contributed by atoms with E-state index in [0.717, 1.165) is 44.9 Å². The number of quaternary nitrogens is 1. The first-order chi connectivity index (χ1) is 21.1. The minimum absolute atomic E-state index is 0.0515. The molecule has 44 heavy (non-hydrogen) atoms. The Hall–Kier alpha value is -2.45. The van der Waals surface area contributed by atoms with Crippen LogP contribution in [-0.2, 0) is 28.6 Å². The fourth-order valence-corrected chi connectivity index (χ4v) is 4.60. The standard InChI is InChI=1S/C36H63NO7/c1-6-8-9-10-11-12-13-14-15-16-17-18-19-20-21-22-23-24-25-27-35(39)44-32(31-43-34(38)26-7-2)30-42-29-28-33(36(40)41)37(3,4)5/h11-12,14-15,17-18,32-33H,6-10,13,16,19-31H2,1-5H3/p+1/b12-11-,15-14-,18-17-. The largest absolute Gasteiger partial charge is 0.477 e. The van der Waals surface area contributed by atoms with Crippen LogP contribution in [0.3, 0.4) is 0 Å². The fourth-order valence-electron chi connectivity index (χ4n) is 4.60. The molecule has 0 aliphatic carbocycles. The summed E-state index contributed by atoms with van der Waals surface area (Å²) in [5.41, 5.74) is 0. The molecule has 0 aromatic carbocycles. The summed E-state index contributed by atoms with van der Waals surface area (Å²) in [6.45, 7) is 4.31. The predicted octanol–water partition coefficient (Wildman–Crippen LogP) is 7.96. The van der Waals surface area contributed by atoms with E-state index in [9.17, 15) is 19.5 Å². The molecule has 0 fully saturated rings. The van der Waals surface area contributed by atoms with Gasteiger partial charge in [-0.2, -0.15) is 0 Å². The van der Waals surface area contributed by atoms with Crippen LogP contribution in [0.1, 0.15) is 123 Å². The van der Waals surface area contributed by atoms with Gasteiger partial charge in [0.05, 0.1) is 34.4 Å². The van der Waals surface area contributed by atoms with E-state index < -0.39 is 18.1 Å². The monoisotopic (exact) mass is 622 g/mol. The third-order valence-corrected chi connectivity index (χ3v) is 7.26. The fraction of sp³-hybridized carbons (Fsp3) is 0.750. The zero-order valence-corrected chi connectivity index (χ0v) is 28.6. The maximum Gasteiger partial charge on any atom is 0.362 e. The summed E-state index contributed by atoms with van der Waals surface area (Å²) in [7, 11) is 5.47. The van der Waals surface area contributed by atoms with Crippen LogP contribution in [0.25, 0.3) is 0 Å². The molecule has 0 saturated carbocycles. The van der Waals surface area contributed by atoms with Gasteiger partial charge >= 0.3 is 17.9 Å². The number of rotatable bonds is 29. The number of likely N-dealkylation sites (N-methyl/N-ethyl adjacent to an activating group) is 1. The quantitative estimate of drug-likeness (QED) is 0.0391. The van der Waals surface area contributed by atoms with Crippen molar-refractivity contribution in [1.29, 1.82) is 0 Å².